The molecule has 4 aliphatic heterocycles. The lowest BCUT2D eigenvalue weighted by molar-refractivity contribution is -0.137. The molecule has 0 fully saturated rings. The molecular formula is C47H42N4O9. The van der Waals surface area contributed by atoms with E-state index in [2.05, 4.69) is 0 Å². The molecule has 0 aromatic heterocycles. The lowest BCUT2D eigenvalue weighted by atomic mass is 10.1. The minimum atomic E-state index is -0.850. The number of fused-ring (bicyclic) bond motifs is 8. The summed E-state index contributed by atoms with van der Waals surface area (Å²) in [7, 11) is 3.06. The summed E-state index contributed by atoms with van der Waals surface area (Å²) in [5.74, 6) is 0.992. The van der Waals surface area contributed by atoms with Crippen LogP contribution in [0, 0.1) is 0 Å². The summed E-state index contributed by atoms with van der Waals surface area (Å²) in [5, 5.41) is 9.07. The first-order valence-corrected chi connectivity index (χ1v) is 19.9. The molecule has 5 aromatic carbocycles. The number of carboxylic acid groups (broad SMARTS) is 1. The molecule has 4 aliphatic rings. The van der Waals surface area contributed by atoms with Crippen LogP contribution in [0.3, 0.4) is 0 Å². The number of amides is 2. The molecule has 13 heteroatoms. The van der Waals surface area contributed by atoms with Crippen LogP contribution in [0.2, 0.25) is 0 Å². The highest BCUT2D eigenvalue weighted by molar-refractivity contribution is 6.15. The van der Waals surface area contributed by atoms with E-state index in [9.17, 15) is 14.4 Å². The van der Waals surface area contributed by atoms with Crippen LogP contribution in [0.5, 0.6) is 28.7 Å². The maximum absolute atomic E-state index is 13.9. The Kier molecular flexibility index (Phi) is 10.4. The highest BCUT2D eigenvalue weighted by Crippen LogP contribution is 2.43. The van der Waals surface area contributed by atoms with Crippen LogP contribution >= 0.6 is 0 Å². The van der Waals surface area contributed by atoms with Gasteiger partial charge in [-0.1, -0.05) is 36.4 Å². The molecule has 0 saturated heterocycles. The van der Waals surface area contributed by atoms with Crippen LogP contribution in [-0.4, -0.2) is 68.2 Å². The van der Waals surface area contributed by atoms with E-state index in [4.69, 9.17) is 38.8 Å². The highest BCUT2D eigenvalue weighted by atomic mass is 16.5. The van der Waals surface area contributed by atoms with Gasteiger partial charge >= 0.3 is 5.97 Å². The Bertz CT molecular complexity index is 2430. The predicted octanol–water partition coefficient (Wildman–Crippen LogP) is 8.07. The monoisotopic (exact) mass is 806 g/mol. The maximum Gasteiger partial charge on any atom is 0.303 e. The van der Waals surface area contributed by atoms with Crippen molar-refractivity contribution in [1.29, 1.82) is 0 Å². The van der Waals surface area contributed by atoms with Crippen LogP contribution in [0.15, 0.2) is 101 Å². The standard InChI is InChI=1S/C47H42N4O9/c1-56-41-20-35-37(48-24-32-18-30-9-3-5-11-39(30)50(32)46(35)54)22-43(41)59-26-28-15-29(17-34(16-28)58-14-8-7-13-45(52)53)27-60-44-23-38-36(21-42(44)57-2)47(55)51-33(25-49-38)19-31-10-4-6-12-40(31)51/h3-6,9-12,15-17,20-25,32-33H,7-8,13-14,18-19,26-27H2,1-2H3,(H,52,53). The summed E-state index contributed by atoms with van der Waals surface area (Å²) >= 11 is 0. The van der Waals surface area contributed by atoms with Crippen LogP contribution in [0.25, 0.3) is 0 Å². The molecule has 1 N–H and O–H groups in total. The van der Waals surface area contributed by atoms with Gasteiger partial charge in [0.25, 0.3) is 11.8 Å². The van der Waals surface area contributed by atoms with Gasteiger partial charge < -0.3 is 28.8 Å². The molecule has 2 atom stereocenters. The first-order valence-electron chi connectivity index (χ1n) is 19.9. The summed E-state index contributed by atoms with van der Waals surface area (Å²) in [6, 6.07) is 27.9. The van der Waals surface area contributed by atoms with E-state index < -0.39 is 5.97 Å². The molecule has 304 valence electrons. The molecule has 60 heavy (non-hydrogen) atoms. The molecule has 5 aromatic rings. The molecular weight excluding hydrogens is 765 g/mol. The van der Waals surface area contributed by atoms with E-state index in [0.717, 1.165) is 33.6 Å². The van der Waals surface area contributed by atoms with Crippen molar-refractivity contribution in [1.82, 2.24) is 0 Å². The van der Waals surface area contributed by atoms with Crippen LogP contribution in [0.1, 0.15) is 62.2 Å². The maximum atomic E-state index is 13.9. The first-order chi connectivity index (χ1) is 29.3. The Labute approximate surface area is 346 Å². The van der Waals surface area contributed by atoms with Crippen molar-refractivity contribution >= 4 is 53.0 Å². The van der Waals surface area contributed by atoms with E-state index in [-0.39, 0.29) is 43.5 Å². The van der Waals surface area contributed by atoms with Gasteiger partial charge in [0, 0.05) is 55.2 Å². The van der Waals surface area contributed by atoms with Gasteiger partial charge in [-0.2, -0.15) is 0 Å². The molecule has 13 nitrogen and oxygen atoms in total. The largest absolute Gasteiger partial charge is 0.494 e. The van der Waals surface area contributed by atoms with Gasteiger partial charge in [-0.3, -0.25) is 34.2 Å². The third-order valence-electron chi connectivity index (χ3n) is 11.1. The van der Waals surface area contributed by atoms with Crippen molar-refractivity contribution in [2.75, 3.05) is 30.6 Å². The summed E-state index contributed by atoms with van der Waals surface area (Å²) in [4.78, 5) is 51.9. The number of carboxylic acids is 1. The van der Waals surface area contributed by atoms with E-state index in [0.29, 0.717) is 83.5 Å². The number of methoxy groups -OCH3 is 2. The summed E-state index contributed by atoms with van der Waals surface area (Å²) < 4.78 is 30.3. The molecule has 0 spiro atoms. The van der Waals surface area contributed by atoms with Gasteiger partial charge in [-0.25, -0.2) is 0 Å². The predicted molar refractivity (Wildman–Crippen MR) is 226 cm³/mol. The van der Waals surface area contributed by atoms with Crippen LogP contribution in [-0.2, 0) is 30.8 Å². The number of carbonyl (C=O) groups excluding carboxylic acids is 2. The zero-order valence-corrected chi connectivity index (χ0v) is 33.1. The molecule has 9 rings (SSSR count). The van der Waals surface area contributed by atoms with Crippen molar-refractivity contribution in [3.8, 4) is 28.7 Å². The Morgan fingerprint density at radius 3 is 1.63 bits per heavy atom. The van der Waals surface area contributed by atoms with Gasteiger partial charge in [0.05, 0.1) is 55.4 Å². The lowest BCUT2D eigenvalue weighted by Crippen LogP contribution is -2.37. The van der Waals surface area contributed by atoms with Gasteiger partial charge in [0.15, 0.2) is 23.0 Å². The Morgan fingerprint density at radius 1 is 0.650 bits per heavy atom. The third-order valence-corrected chi connectivity index (χ3v) is 11.1. The smallest absolute Gasteiger partial charge is 0.303 e. The number of carbonyl (C=O) groups is 3. The number of benzene rings is 5. The quantitative estimate of drug-likeness (QED) is 0.110. The molecule has 0 radical (unpaired) electrons. The summed E-state index contributed by atoms with van der Waals surface area (Å²) in [6.07, 6.45) is 6.10. The third kappa shape index (κ3) is 7.38. The van der Waals surface area contributed by atoms with Gasteiger partial charge in [-0.15, -0.1) is 0 Å². The number of aliphatic imine (C=N–C) groups is 2. The number of unbranched alkanes of at least 4 members (excludes halogenated alkanes) is 1. The second kappa shape index (κ2) is 16.2. The number of anilines is 2. The Balaban J connectivity index is 0.955. The fraction of sp³-hybridized carbons (Fsp3) is 0.255. The Hall–Kier alpha value is -7.15. The fourth-order valence-electron chi connectivity index (χ4n) is 8.25. The first kappa shape index (κ1) is 38.4. The van der Waals surface area contributed by atoms with E-state index in [1.807, 2.05) is 79.2 Å². The lowest BCUT2D eigenvalue weighted by Gasteiger charge is -2.22. The minimum absolute atomic E-state index is 0.0603. The van der Waals surface area contributed by atoms with Crippen LogP contribution in [0.4, 0.5) is 22.7 Å². The van der Waals surface area contributed by atoms with Crippen molar-refractivity contribution < 1.29 is 43.2 Å². The SMILES string of the molecule is COc1cc2c(cc1OCc1cc(COc3cc4c(cc3OC)C(=O)N3c5ccccc5CC3C=N4)cc(OCCCCC(=O)O)c1)N=CC1Cc3ccccc3N1C2=O. The number of ether oxygens (including phenoxy) is 5. The normalized spacial score (nSPS) is 16.8. The molecule has 4 heterocycles. The van der Waals surface area contributed by atoms with Crippen molar-refractivity contribution in [3.05, 3.63) is 124 Å². The molecule has 0 aliphatic carbocycles. The van der Waals surface area contributed by atoms with Crippen molar-refractivity contribution in [2.24, 2.45) is 9.98 Å². The summed E-state index contributed by atoms with van der Waals surface area (Å²) in [5.41, 5.74) is 7.29. The summed E-state index contributed by atoms with van der Waals surface area (Å²) in [6.45, 7) is 0.536. The topological polar surface area (TPSA) is 149 Å². The number of rotatable bonds is 14. The zero-order chi connectivity index (χ0) is 41.3. The molecule has 2 unspecified atom stereocenters. The van der Waals surface area contributed by atoms with Crippen molar-refractivity contribution in [2.45, 2.75) is 57.4 Å². The van der Waals surface area contributed by atoms with Gasteiger partial charge in [0.2, 0.25) is 0 Å². The molecule has 2 amide bonds. The average molecular weight is 807 g/mol. The number of para-hydroxylation sites is 2. The van der Waals surface area contributed by atoms with Crippen molar-refractivity contribution in [3.63, 3.8) is 0 Å². The number of hydrogen-bond donors (Lipinski definition) is 1. The van der Waals surface area contributed by atoms with E-state index in [1.165, 1.54) is 14.2 Å². The van der Waals surface area contributed by atoms with E-state index in [1.54, 1.807) is 34.1 Å². The number of nitrogens with zero attached hydrogens (tertiary/aromatic N) is 4. The van der Waals surface area contributed by atoms with Gasteiger partial charge in [-0.05, 0) is 77.6 Å². The number of aliphatic carboxylic acids is 1. The minimum Gasteiger partial charge on any atom is -0.494 e. The average Bonchev–Trinajstić information content (AvgIpc) is 3.75. The second-order valence-corrected chi connectivity index (χ2v) is 15.0. The zero-order valence-electron chi connectivity index (χ0n) is 33.1. The Morgan fingerprint density at radius 2 is 1.15 bits per heavy atom. The highest BCUT2D eigenvalue weighted by Gasteiger charge is 2.38. The van der Waals surface area contributed by atoms with E-state index >= 15 is 0 Å². The molecule has 0 saturated carbocycles. The molecule has 0 bridgehead atoms. The fourth-order valence-corrected chi connectivity index (χ4v) is 8.25. The number of hydrogen-bond acceptors (Lipinski definition) is 10. The van der Waals surface area contributed by atoms with Crippen LogP contribution < -0.4 is 33.5 Å². The second-order valence-electron chi connectivity index (χ2n) is 15.0. The van der Waals surface area contributed by atoms with Gasteiger partial charge in [0.1, 0.15) is 19.0 Å².